The number of amides is 2. The van der Waals surface area contributed by atoms with Crippen LogP contribution in [0.3, 0.4) is 0 Å². The molecule has 0 aliphatic rings. The lowest BCUT2D eigenvalue weighted by atomic mass is 10.0. The molecule has 11 heteroatoms. The number of non-ortho nitro benzene ring substituents is 1. The summed E-state index contributed by atoms with van der Waals surface area (Å²) in [4.78, 5) is 38.7. The van der Waals surface area contributed by atoms with E-state index in [2.05, 4.69) is 5.32 Å². The van der Waals surface area contributed by atoms with Gasteiger partial charge in [-0.2, -0.15) is 0 Å². The van der Waals surface area contributed by atoms with Crippen molar-refractivity contribution in [3.63, 3.8) is 0 Å². The molecule has 194 valence electrons. The molecule has 1 unspecified atom stereocenters. The van der Waals surface area contributed by atoms with Gasteiger partial charge in [0.2, 0.25) is 21.8 Å². The first kappa shape index (κ1) is 27.3. The number of hydrogen-bond acceptors (Lipinski definition) is 6. The number of rotatable bonds is 11. The number of anilines is 1. The maximum atomic E-state index is 13.8. The van der Waals surface area contributed by atoms with Crippen molar-refractivity contribution in [2.75, 3.05) is 24.2 Å². The first-order valence-corrected chi connectivity index (χ1v) is 13.3. The third-order valence-corrected chi connectivity index (χ3v) is 6.86. The van der Waals surface area contributed by atoms with Crippen LogP contribution in [0, 0.1) is 10.1 Å². The van der Waals surface area contributed by atoms with Crippen LogP contribution in [0.25, 0.3) is 0 Å². The Balaban J connectivity index is 2.02. The Morgan fingerprint density at radius 1 is 0.946 bits per heavy atom. The molecule has 0 aliphatic carbocycles. The van der Waals surface area contributed by atoms with Gasteiger partial charge < -0.3 is 10.2 Å². The Labute approximate surface area is 215 Å². The molecule has 0 aliphatic heterocycles. The molecule has 0 saturated carbocycles. The van der Waals surface area contributed by atoms with Crippen molar-refractivity contribution in [1.29, 1.82) is 0 Å². The van der Waals surface area contributed by atoms with E-state index in [1.165, 1.54) is 30.1 Å². The smallest absolute Gasteiger partial charge is 0.271 e. The summed E-state index contributed by atoms with van der Waals surface area (Å²) in [6, 6.07) is 22.3. The minimum atomic E-state index is -4.01. The topological polar surface area (TPSA) is 130 Å². The maximum absolute atomic E-state index is 13.8. The second kappa shape index (κ2) is 12.1. The molecule has 2 amide bonds. The number of carbonyl (C=O) groups is 2. The maximum Gasteiger partial charge on any atom is 0.271 e. The fourth-order valence-corrected chi connectivity index (χ4v) is 4.72. The lowest BCUT2D eigenvalue weighted by Crippen LogP contribution is -2.52. The number of sulfonamides is 1. The second-order valence-electron chi connectivity index (χ2n) is 8.37. The number of nitro benzene ring substituents is 1. The highest BCUT2D eigenvalue weighted by molar-refractivity contribution is 7.92. The van der Waals surface area contributed by atoms with Crippen molar-refractivity contribution >= 4 is 33.2 Å². The van der Waals surface area contributed by atoms with Gasteiger partial charge in [-0.25, -0.2) is 8.42 Å². The number of nitrogens with one attached hydrogen (secondary N) is 1. The average Bonchev–Trinajstić information content (AvgIpc) is 2.89. The molecule has 3 aromatic carbocycles. The van der Waals surface area contributed by atoms with Gasteiger partial charge in [0, 0.05) is 32.1 Å². The van der Waals surface area contributed by atoms with Crippen LogP contribution >= 0.6 is 0 Å². The lowest BCUT2D eigenvalue weighted by Gasteiger charge is -2.33. The monoisotopic (exact) mass is 524 g/mol. The molecule has 37 heavy (non-hydrogen) atoms. The third-order valence-electron chi connectivity index (χ3n) is 5.72. The van der Waals surface area contributed by atoms with Gasteiger partial charge in [0.05, 0.1) is 16.9 Å². The summed E-state index contributed by atoms with van der Waals surface area (Å²) in [5.41, 5.74) is 1.23. The summed E-state index contributed by atoms with van der Waals surface area (Å²) >= 11 is 0. The predicted molar refractivity (Wildman–Crippen MR) is 140 cm³/mol. The highest BCUT2D eigenvalue weighted by Crippen LogP contribution is 2.24. The summed E-state index contributed by atoms with van der Waals surface area (Å²) < 4.78 is 26.2. The molecule has 3 rings (SSSR count). The van der Waals surface area contributed by atoms with Crippen LogP contribution in [0.15, 0.2) is 84.9 Å². The number of benzene rings is 3. The van der Waals surface area contributed by atoms with Crippen LogP contribution in [-0.2, 0) is 32.6 Å². The van der Waals surface area contributed by atoms with Crippen LogP contribution < -0.4 is 9.62 Å². The van der Waals surface area contributed by atoms with Gasteiger partial charge in [-0.3, -0.25) is 24.0 Å². The van der Waals surface area contributed by atoms with Crippen molar-refractivity contribution in [3.05, 3.63) is 106 Å². The van der Waals surface area contributed by atoms with E-state index in [0.717, 1.165) is 27.8 Å². The molecule has 1 N–H and O–H groups in total. The van der Waals surface area contributed by atoms with Crippen molar-refractivity contribution in [3.8, 4) is 0 Å². The zero-order valence-corrected chi connectivity index (χ0v) is 21.3. The highest BCUT2D eigenvalue weighted by Gasteiger charge is 2.32. The van der Waals surface area contributed by atoms with Gasteiger partial charge in [0.1, 0.15) is 12.6 Å². The fourth-order valence-electron chi connectivity index (χ4n) is 3.88. The van der Waals surface area contributed by atoms with Crippen LogP contribution in [0.5, 0.6) is 0 Å². The van der Waals surface area contributed by atoms with E-state index in [0.29, 0.717) is 0 Å². The van der Waals surface area contributed by atoms with Crippen LogP contribution in [0.2, 0.25) is 0 Å². The van der Waals surface area contributed by atoms with E-state index >= 15 is 0 Å². The quantitative estimate of drug-likeness (QED) is 0.303. The van der Waals surface area contributed by atoms with Crippen molar-refractivity contribution in [2.24, 2.45) is 0 Å². The molecule has 0 heterocycles. The highest BCUT2D eigenvalue weighted by atomic mass is 32.2. The molecule has 0 fully saturated rings. The van der Waals surface area contributed by atoms with Crippen molar-refractivity contribution in [1.82, 2.24) is 10.2 Å². The Morgan fingerprint density at radius 3 is 2.08 bits per heavy atom. The van der Waals surface area contributed by atoms with Gasteiger partial charge >= 0.3 is 0 Å². The second-order valence-corrected chi connectivity index (χ2v) is 10.3. The normalized spacial score (nSPS) is 11.8. The zero-order chi connectivity index (χ0) is 27.0. The molecule has 3 aromatic rings. The first-order chi connectivity index (χ1) is 17.6. The van der Waals surface area contributed by atoms with Crippen LogP contribution in [-0.4, -0.2) is 55.9 Å². The predicted octanol–water partition coefficient (Wildman–Crippen LogP) is 2.75. The minimum Gasteiger partial charge on any atom is -0.357 e. The summed E-state index contributed by atoms with van der Waals surface area (Å²) in [6.45, 7) is -0.591. The molecular formula is C26H28N4O6S. The fraction of sp³-hybridized carbons (Fsp3) is 0.231. The van der Waals surface area contributed by atoms with Crippen molar-refractivity contribution in [2.45, 2.75) is 19.0 Å². The van der Waals surface area contributed by atoms with Crippen molar-refractivity contribution < 1.29 is 22.9 Å². The molecule has 0 saturated heterocycles. The number of hydrogen-bond donors (Lipinski definition) is 1. The van der Waals surface area contributed by atoms with Gasteiger partial charge in [0.15, 0.2) is 0 Å². The third kappa shape index (κ3) is 7.37. The minimum absolute atomic E-state index is 0.0238. The van der Waals surface area contributed by atoms with Crippen LogP contribution in [0.1, 0.15) is 11.1 Å². The molecule has 10 nitrogen and oxygen atoms in total. The number of carbonyl (C=O) groups excluding carboxylic acids is 2. The Bertz CT molecular complexity index is 1350. The summed E-state index contributed by atoms with van der Waals surface area (Å²) in [5, 5.41) is 13.8. The van der Waals surface area contributed by atoms with E-state index < -0.39 is 39.3 Å². The van der Waals surface area contributed by atoms with E-state index in [1.807, 2.05) is 36.4 Å². The Hall–Kier alpha value is -4.25. The SMILES string of the molecule is CNC(=O)C(Cc1ccccc1)N(Cc1ccccc1)C(=O)CN(c1cccc([N+](=O)[O-])c1)S(C)(=O)=O. The molecule has 0 radical (unpaired) electrons. The summed E-state index contributed by atoms with van der Waals surface area (Å²) in [5.74, 6) is -1.04. The number of nitro groups is 1. The van der Waals surface area contributed by atoms with Gasteiger partial charge in [-0.05, 0) is 17.2 Å². The molecular weight excluding hydrogens is 496 g/mol. The Morgan fingerprint density at radius 2 is 1.54 bits per heavy atom. The standard InChI is InChI=1S/C26H28N4O6S/c1-27-26(32)24(16-20-10-5-3-6-11-20)28(18-21-12-7-4-8-13-21)25(31)19-29(37(2,35)36)22-14-9-15-23(17-22)30(33)34/h3-15,17,24H,16,18-19H2,1-2H3,(H,27,32). The Kier molecular flexibility index (Phi) is 8.96. The number of nitrogens with zero attached hydrogens (tertiary/aromatic N) is 3. The first-order valence-electron chi connectivity index (χ1n) is 11.4. The van der Waals surface area contributed by atoms with E-state index in [-0.39, 0.29) is 24.3 Å². The zero-order valence-electron chi connectivity index (χ0n) is 20.5. The summed E-state index contributed by atoms with van der Waals surface area (Å²) in [7, 11) is -2.54. The summed E-state index contributed by atoms with van der Waals surface area (Å²) in [6.07, 6.45) is 1.12. The van der Waals surface area contributed by atoms with Gasteiger partial charge in [-0.15, -0.1) is 0 Å². The largest absolute Gasteiger partial charge is 0.357 e. The number of likely N-dealkylation sites (N-methyl/N-ethyl adjacent to an activating group) is 1. The van der Waals surface area contributed by atoms with Gasteiger partial charge in [0.25, 0.3) is 5.69 Å². The molecule has 0 spiro atoms. The molecule has 1 atom stereocenters. The molecule has 0 aromatic heterocycles. The van der Waals surface area contributed by atoms with E-state index in [4.69, 9.17) is 0 Å². The van der Waals surface area contributed by atoms with Gasteiger partial charge in [-0.1, -0.05) is 66.7 Å². The lowest BCUT2D eigenvalue weighted by molar-refractivity contribution is -0.384. The average molecular weight is 525 g/mol. The van der Waals surface area contributed by atoms with Crippen LogP contribution in [0.4, 0.5) is 11.4 Å². The van der Waals surface area contributed by atoms with E-state index in [1.54, 1.807) is 24.3 Å². The van der Waals surface area contributed by atoms with E-state index in [9.17, 15) is 28.1 Å². The molecule has 0 bridgehead atoms.